The molecule has 2 aromatic rings. The third-order valence-electron chi connectivity index (χ3n) is 3.55. The molecular formula is C16H15FN6O4. The minimum absolute atomic E-state index is 0.107. The van der Waals surface area contributed by atoms with Gasteiger partial charge in [0.2, 0.25) is 0 Å². The molecule has 11 heteroatoms. The van der Waals surface area contributed by atoms with Gasteiger partial charge in [-0.3, -0.25) is 14.9 Å². The number of aliphatic hydroxyl groups is 1. The highest BCUT2D eigenvalue weighted by molar-refractivity contribution is 5.97. The molecular weight excluding hydrogens is 359 g/mol. The van der Waals surface area contributed by atoms with E-state index in [1.165, 1.54) is 37.3 Å². The minimum atomic E-state index is -1.85. The maximum atomic E-state index is 12.9. The summed E-state index contributed by atoms with van der Waals surface area (Å²) in [6.07, 6.45) is 0. The summed E-state index contributed by atoms with van der Waals surface area (Å²) in [4.78, 5) is 25.0. The summed E-state index contributed by atoms with van der Waals surface area (Å²) < 4.78 is 12.9. The number of amides is 1. The van der Waals surface area contributed by atoms with Crippen LogP contribution in [0.25, 0.3) is 10.4 Å². The van der Waals surface area contributed by atoms with E-state index in [0.29, 0.717) is 5.69 Å². The molecule has 0 aliphatic heterocycles. The number of nitrogens with zero attached hydrogens (tertiary/aromatic N) is 4. The van der Waals surface area contributed by atoms with Crippen molar-refractivity contribution in [2.24, 2.45) is 5.11 Å². The van der Waals surface area contributed by atoms with Gasteiger partial charge in [-0.05, 0) is 48.9 Å². The summed E-state index contributed by atoms with van der Waals surface area (Å²) in [5.41, 5.74) is 6.56. The fourth-order valence-corrected chi connectivity index (χ4v) is 2.07. The monoisotopic (exact) mass is 374 g/mol. The number of carbonyl (C=O) groups is 1. The Kier molecular flexibility index (Phi) is 5.91. The first-order valence-electron chi connectivity index (χ1n) is 7.60. The molecule has 1 amide bonds. The highest BCUT2D eigenvalue weighted by Crippen LogP contribution is 2.30. The first kappa shape index (κ1) is 19.6. The minimum Gasteiger partial charge on any atom is -0.382 e. The molecule has 27 heavy (non-hydrogen) atoms. The van der Waals surface area contributed by atoms with Crippen molar-refractivity contribution in [2.45, 2.75) is 12.5 Å². The lowest BCUT2D eigenvalue weighted by Crippen LogP contribution is -2.45. The Bertz CT molecular complexity index is 910. The van der Waals surface area contributed by atoms with Crippen LogP contribution in [0, 0.1) is 15.9 Å². The first-order valence-corrected chi connectivity index (χ1v) is 7.60. The van der Waals surface area contributed by atoms with Crippen LogP contribution in [0.5, 0.6) is 0 Å². The van der Waals surface area contributed by atoms with Crippen LogP contribution in [0.1, 0.15) is 6.92 Å². The van der Waals surface area contributed by atoms with Crippen molar-refractivity contribution in [3.63, 3.8) is 0 Å². The Labute approximate surface area is 152 Å². The normalized spacial score (nSPS) is 12.4. The van der Waals surface area contributed by atoms with Gasteiger partial charge < -0.3 is 15.7 Å². The van der Waals surface area contributed by atoms with Crippen LogP contribution in [0.2, 0.25) is 0 Å². The smallest absolute Gasteiger partial charge is 0.279 e. The number of nitro groups is 1. The van der Waals surface area contributed by atoms with Crippen molar-refractivity contribution in [1.82, 2.24) is 0 Å². The van der Waals surface area contributed by atoms with Gasteiger partial charge in [0.25, 0.3) is 11.6 Å². The topological polar surface area (TPSA) is 153 Å². The van der Waals surface area contributed by atoms with Crippen LogP contribution in [0.4, 0.5) is 27.1 Å². The number of azide groups is 1. The number of nitro benzene ring substituents is 1. The zero-order valence-electron chi connectivity index (χ0n) is 14.1. The van der Waals surface area contributed by atoms with Crippen molar-refractivity contribution < 1.29 is 19.2 Å². The van der Waals surface area contributed by atoms with Crippen molar-refractivity contribution in [3.05, 3.63) is 68.8 Å². The SMILES string of the molecule is C[C@](O)(CNc1ccc(F)cc1)C(=O)Nc1ccc([N+](=O)[O-])c(N=[N+]=[N-])c1. The molecule has 0 aromatic heterocycles. The Hall–Kier alpha value is -3.69. The molecule has 0 spiro atoms. The fourth-order valence-electron chi connectivity index (χ4n) is 2.07. The molecule has 3 N–H and O–H groups in total. The van der Waals surface area contributed by atoms with E-state index in [-0.39, 0.29) is 17.9 Å². The van der Waals surface area contributed by atoms with Gasteiger partial charge in [0, 0.05) is 22.4 Å². The lowest BCUT2D eigenvalue weighted by Gasteiger charge is -2.23. The molecule has 0 heterocycles. The van der Waals surface area contributed by atoms with E-state index < -0.39 is 27.9 Å². The van der Waals surface area contributed by atoms with Gasteiger partial charge in [-0.15, -0.1) is 0 Å². The molecule has 0 saturated heterocycles. The molecule has 0 radical (unpaired) electrons. The van der Waals surface area contributed by atoms with E-state index in [0.717, 1.165) is 12.1 Å². The molecule has 2 aromatic carbocycles. The van der Waals surface area contributed by atoms with Gasteiger partial charge in [0.05, 0.1) is 11.5 Å². The van der Waals surface area contributed by atoms with Crippen LogP contribution >= 0.6 is 0 Å². The average Bonchev–Trinajstić information content (AvgIpc) is 2.61. The summed E-state index contributed by atoms with van der Waals surface area (Å²) in [5.74, 6) is -1.21. The molecule has 0 fully saturated rings. The predicted octanol–water partition coefficient (Wildman–Crippen LogP) is 3.48. The van der Waals surface area contributed by atoms with Gasteiger partial charge in [-0.25, -0.2) is 4.39 Å². The molecule has 1 atom stereocenters. The quantitative estimate of drug-likeness (QED) is 0.223. The maximum Gasteiger partial charge on any atom is 0.279 e. The van der Waals surface area contributed by atoms with Crippen LogP contribution in [0.3, 0.4) is 0 Å². The lowest BCUT2D eigenvalue weighted by atomic mass is 10.1. The van der Waals surface area contributed by atoms with Gasteiger partial charge in [-0.2, -0.15) is 0 Å². The predicted molar refractivity (Wildman–Crippen MR) is 96.0 cm³/mol. The molecule has 2 rings (SSSR count). The van der Waals surface area contributed by atoms with Crippen LogP contribution in [-0.4, -0.2) is 28.1 Å². The van der Waals surface area contributed by atoms with Crippen molar-refractivity contribution >= 4 is 28.7 Å². The van der Waals surface area contributed by atoms with E-state index in [4.69, 9.17) is 5.53 Å². The summed E-state index contributed by atoms with van der Waals surface area (Å²) in [5, 5.41) is 29.7. The number of anilines is 2. The summed E-state index contributed by atoms with van der Waals surface area (Å²) in [7, 11) is 0. The molecule has 10 nitrogen and oxygen atoms in total. The Morgan fingerprint density at radius 2 is 1.96 bits per heavy atom. The van der Waals surface area contributed by atoms with Crippen molar-refractivity contribution in [3.8, 4) is 0 Å². The first-order chi connectivity index (χ1) is 12.7. The van der Waals surface area contributed by atoms with E-state index in [2.05, 4.69) is 20.7 Å². The third kappa shape index (κ3) is 5.14. The van der Waals surface area contributed by atoms with Crippen LogP contribution in [0.15, 0.2) is 47.6 Å². The third-order valence-corrected chi connectivity index (χ3v) is 3.55. The van der Waals surface area contributed by atoms with E-state index >= 15 is 0 Å². The second-order valence-electron chi connectivity index (χ2n) is 5.74. The highest BCUT2D eigenvalue weighted by atomic mass is 19.1. The molecule has 0 unspecified atom stereocenters. The summed E-state index contributed by atoms with van der Waals surface area (Å²) in [6.45, 7) is 1.08. The Morgan fingerprint density at radius 3 is 2.56 bits per heavy atom. The van der Waals surface area contributed by atoms with E-state index in [9.17, 15) is 24.4 Å². The Balaban J connectivity index is 2.10. The number of nitrogens with one attached hydrogen (secondary N) is 2. The van der Waals surface area contributed by atoms with Crippen molar-refractivity contribution in [2.75, 3.05) is 17.2 Å². The van der Waals surface area contributed by atoms with E-state index in [1.54, 1.807) is 0 Å². The zero-order valence-corrected chi connectivity index (χ0v) is 14.1. The van der Waals surface area contributed by atoms with Crippen LogP contribution < -0.4 is 10.6 Å². The number of rotatable bonds is 7. The van der Waals surface area contributed by atoms with Gasteiger partial charge in [0.15, 0.2) is 5.60 Å². The summed E-state index contributed by atoms with van der Waals surface area (Å²) >= 11 is 0. The zero-order chi connectivity index (χ0) is 20.0. The molecule has 0 aliphatic rings. The van der Waals surface area contributed by atoms with Crippen LogP contribution in [-0.2, 0) is 4.79 Å². The number of hydrogen-bond donors (Lipinski definition) is 3. The van der Waals surface area contributed by atoms with Gasteiger partial charge in [0.1, 0.15) is 11.5 Å². The second kappa shape index (κ2) is 8.13. The van der Waals surface area contributed by atoms with Gasteiger partial charge >= 0.3 is 0 Å². The average molecular weight is 374 g/mol. The fraction of sp³-hybridized carbons (Fsp3) is 0.188. The molecule has 140 valence electrons. The number of halogens is 1. The van der Waals surface area contributed by atoms with Gasteiger partial charge in [-0.1, -0.05) is 5.11 Å². The molecule has 0 saturated carbocycles. The number of hydrogen-bond acceptors (Lipinski definition) is 6. The largest absolute Gasteiger partial charge is 0.382 e. The highest BCUT2D eigenvalue weighted by Gasteiger charge is 2.30. The standard InChI is InChI=1S/C16H15FN6O4/c1-16(25,9-19-11-4-2-10(17)3-5-11)15(24)20-12-6-7-14(23(26)27)13(8-12)21-22-18/h2-8,19,25H,9H2,1H3,(H,20,24)/t16-/m0/s1. The second-order valence-corrected chi connectivity index (χ2v) is 5.74. The van der Waals surface area contributed by atoms with Crippen molar-refractivity contribution in [1.29, 1.82) is 0 Å². The maximum absolute atomic E-state index is 12.9. The molecule has 0 aliphatic carbocycles. The lowest BCUT2D eigenvalue weighted by molar-refractivity contribution is -0.384. The summed E-state index contributed by atoms with van der Waals surface area (Å²) in [6, 6.07) is 8.80. The number of benzene rings is 2. The molecule has 0 bridgehead atoms. The van der Waals surface area contributed by atoms with E-state index in [1.807, 2.05) is 0 Å². The number of carbonyl (C=O) groups excluding carboxylic acids is 1. The Morgan fingerprint density at radius 1 is 1.33 bits per heavy atom.